The van der Waals surface area contributed by atoms with Gasteiger partial charge in [0.05, 0.1) is 24.1 Å². The molecule has 2 aromatic rings. The van der Waals surface area contributed by atoms with Crippen molar-refractivity contribution in [3.63, 3.8) is 0 Å². The van der Waals surface area contributed by atoms with Crippen LogP contribution >= 0.6 is 0 Å². The standard InChI is InChI=1S/C31H38F4N4O4/c1-21(17-31(33,34)35)27(41)38-13-10-30(43,29(19-38)8-4-5-9-29)20-39-18-24(28(42)37-14-11-36-12-15-37)23(16-26(39)40)22-6-2-3-7-25(22)32/h2-3,6-7,16,18,21,36,43H,4-5,8-15,17,19-20H2,1H3/t21?,30-/m0/s1. The lowest BCUT2D eigenvalue weighted by Gasteiger charge is -2.52. The van der Waals surface area contributed by atoms with Gasteiger partial charge in [0.2, 0.25) is 5.91 Å². The van der Waals surface area contributed by atoms with E-state index in [0.29, 0.717) is 39.0 Å². The molecule has 1 aliphatic carbocycles. The van der Waals surface area contributed by atoms with E-state index in [1.807, 2.05) is 0 Å². The number of amides is 2. The van der Waals surface area contributed by atoms with Crippen molar-refractivity contribution in [3.05, 3.63) is 58.3 Å². The normalized spacial score (nSPS) is 23.0. The van der Waals surface area contributed by atoms with Crippen LogP contribution in [-0.4, -0.2) is 82.3 Å². The molecule has 1 spiro atoms. The summed E-state index contributed by atoms with van der Waals surface area (Å²) in [6, 6.07) is 7.15. The summed E-state index contributed by atoms with van der Waals surface area (Å²) < 4.78 is 55.2. The molecule has 2 aliphatic heterocycles. The molecule has 43 heavy (non-hydrogen) atoms. The number of hydrogen-bond donors (Lipinski definition) is 2. The van der Waals surface area contributed by atoms with E-state index in [-0.39, 0.29) is 48.7 Å². The van der Waals surface area contributed by atoms with Crippen LogP contribution in [0, 0.1) is 17.2 Å². The number of aliphatic hydroxyl groups is 1. The highest BCUT2D eigenvalue weighted by Crippen LogP contribution is 2.52. The van der Waals surface area contributed by atoms with Gasteiger partial charge in [-0.1, -0.05) is 38.0 Å². The van der Waals surface area contributed by atoms with Crippen LogP contribution in [0.1, 0.15) is 55.8 Å². The predicted molar refractivity (Wildman–Crippen MR) is 152 cm³/mol. The van der Waals surface area contributed by atoms with Crippen LogP contribution in [0.15, 0.2) is 41.3 Å². The van der Waals surface area contributed by atoms with Crippen molar-refractivity contribution in [2.75, 3.05) is 39.3 Å². The molecule has 2 N–H and O–H groups in total. The number of piperidine rings is 1. The summed E-state index contributed by atoms with van der Waals surface area (Å²) in [6.45, 7) is 3.33. The Morgan fingerprint density at radius 3 is 2.35 bits per heavy atom. The van der Waals surface area contributed by atoms with Gasteiger partial charge in [0.1, 0.15) is 5.82 Å². The lowest BCUT2D eigenvalue weighted by Crippen LogP contribution is -2.62. The molecule has 1 aromatic heterocycles. The molecule has 2 amide bonds. The number of benzene rings is 1. The van der Waals surface area contributed by atoms with Crippen molar-refractivity contribution >= 4 is 11.8 Å². The highest BCUT2D eigenvalue weighted by Gasteiger charge is 2.56. The SMILES string of the molecule is CC(CC(F)(F)F)C(=O)N1CC[C@](O)(Cn2cc(C(=O)N3CCNCC3)c(-c3ccccc3F)cc2=O)C2(CCCC2)C1. The first-order valence-corrected chi connectivity index (χ1v) is 14.9. The summed E-state index contributed by atoms with van der Waals surface area (Å²) in [5, 5.41) is 15.4. The minimum absolute atomic E-state index is 0.0495. The van der Waals surface area contributed by atoms with Gasteiger partial charge < -0.3 is 24.8 Å². The van der Waals surface area contributed by atoms with Crippen LogP contribution in [-0.2, 0) is 11.3 Å². The van der Waals surface area contributed by atoms with Crippen molar-refractivity contribution in [1.82, 2.24) is 19.7 Å². The maximum atomic E-state index is 14.9. The summed E-state index contributed by atoms with van der Waals surface area (Å²) in [6.07, 6.45) is -1.56. The molecule has 12 heteroatoms. The number of nitrogens with zero attached hydrogens (tertiary/aromatic N) is 3. The zero-order valence-corrected chi connectivity index (χ0v) is 24.3. The second-order valence-electron chi connectivity index (χ2n) is 12.3. The average Bonchev–Trinajstić information content (AvgIpc) is 3.44. The summed E-state index contributed by atoms with van der Waals surface area (Å²) in [5.41, 5.74) is -2.35. The zero-order valence-electron chi connectivity index (χ0n) is 24.3. The van der Waals surface area contributed by atoms with Crippen molar-refractivity contribution < 1.29 is 32.3 Å². The third kappa shape index (κ3) is 6.35. The van der Waals surface area contributed by atoms with E-state index in [4.69, 9.17) is 0 Å². The molecule has 2 atom stereocenters. The van der Waals surface area contributed by atoms with Crippen molar-refractivity contribution in [2.24, 2.45) is 11.3 Å². The third-order valence-corrected chi connectivity index (χ3v) is 9.46. The van der Waals surface area contributed by atoms with Crippen LogP contribution in [0.4, 0.5) is 17.6 Å². The Morgan fingerprint density at radius 1 is 1.02 bits per heavy atom. The average molecular weight is 607 g/mol. The molecule has 3 aliphatic rings. The van der Waals surface area contributed by atoms with Gasteiger partial charge in [-0.05, 0) is 25.3 Å². The highest BCUT2D eigenvalue weighted by atomic mass is 19.4. The van der Waals surface area contributed by atoms with Gasteiger partial charge in [-0.15, -0.1) is 0 Å². The zero-order chi connectivity index (χ0) is 31.0. The molecule has 0 bridgehead atoms. The number of alkyl halides is 3. The third-order valence-electron chi connectivity index (χ3n) is 9.46. The Labute approximate surface area is 247 Å². The smallest absolute Gasteiger partial charge is 0.387 e. The number of aromatic nitrogens is 1. The quantitative estimate of drug-likeness (QED) is 0.488. The maximum Gasteiger partial charge on any atom is 0.389 e. The highest BCUT2D eigenvalue weighted by molar-refractivity contribution is 6.00. The second kappa shape index (κ2) is 12.0. The van der Waals surface area contributed by atoms with E-state index in [9.17, 15) is 37.1 Å². The van der Waals surface area contributed by atoms with Crippen molar-refractivity contribution in [2.45, 2.75) is 63.8 Å². The fraction of sp³-hybridized carbons (Fsp3) is 0.581. The molecule has 8 nitrogen and oxygen atoms in total. The molecule has 234 valence electrons. The van der Waals surface area contributed by atoms with Gasteiger partial charge in [-0.3, -0.25) is 14.4 Å². The summed E-state index contributed by atoms with van der Waals surface area (Å²) in [7, 11) is 0. The Hall–Kier alpha value is -3.25. The number of nitrogens with one attached hydrogen (secondary N) is 1. The lowest BCUT2D eigenvalue weighted by atomic mass is 9.65. The van der Waals surface area contributed by atoms with Gasteiger partial charge in [0, 0.05) is 74.0 Å². The monoisotopic (exact) mass is 606 g/mol. The molecular weight excluding hydrogens is 568 g/mol. The van der Waals surface area contributed by atoms with E-state index in [1.165, 1.54) is 46.9 Å². The number of likely N-dealkylation sites (tertiary alicyclic amines) is 1. The molecule has 1 unspecified atom stereocenters. The van der Waals surface area contributed by atoms with Crippen LogP contribution < -0.4 is 10.9 Å². The minimum atomic E-state index is -4.47. The van der Waals surface area contributed by atoms with Gasteiger partial charge in [0.25, 0.3) is 11.5 Å². The maximum absolute atomic E-state index is 14.9. The fourth-order valence-corrected chi connectivity index (χ4v) is 7.12. The van der Waals surface area contributed by atoms with E-state index < -0.39 is 46.8 Å². The first kappa shape index (κ1) is 31.2. The molecule has 3 fully saturated rings. The van der Waals surface area contributed by atoms with E-state index in [1.54, 1.807) is 11.0 Å². The van der Waals surface area contributed by atoms with E-state index in [0.717, 1.165) is 12.8 Å². The van der Waals surface area contributed by atoms with Gasteiger partial charge >= 0.3 is 6.18 Å². The number of pyridine rings is 1. The molecule has 1 aromatic carbocycles. The van der Waals surface area contributed by atoms with Crippen LogP contribution in [0.2, 0.25) is 0 Å². The van der Waals surface area contributed by atoms with Gasteiger partial charge in [-0.2, -0.15) is 13.2 Å². The molecule has 0 radical (unpaired) electrons. The van der Waals surface area contributed by atoms with Crippen molar-refractivity contribution in [3.8, 4) is 11.1 Å². The first-order valence-electron chi connectivity index (χ1n) is 14.9. The summed E-state index contributed by atoms with van der Waals surface area (Å²) >= 11 is 0. The number of rotatable bonds is 6. The summed E-state index contributed by atoms with van der Waals surface area (Å²) in [4.78, 5) is 43.4. The minimum Gasteiger partial charge on any atom is -0.387 e. The first-order chi connectivity index (χ1) is 20.3. The number of hydrogen-bond acceptors (Lipinski definition) is 5. The summed E-state index contributed by atoms with van der Waals surface area (Å²) in [5.74, 6) is -2.76. The van der Waals surface area contributed by atoms with E-state index >= 15 is 0 Å². The molecule has 5 rings (SSSR count). The molecule has 3 heterocycles. The number of halogens is 4. The molecule has 1 saturated carbocycles. The van der Waals surface area contributed by atoms with Crippen LogP contribution in [0.5, 0.6) is 0 Å². The van der Waals surface area contributed by atoms with Crippen molar-refractivity contribution in [1.29, 1.82) is 0 Å². The predicted octanol–water partition coefficient (Wildman–Crippen LogP) is 3.81. The number of carbonyl (C=O) groups is 2. The topological polar surface area (TPSA) is 94.9 Å². The Morgan fingerprint density at radius 2 is 1.70 bits per heavy atom. The molecule has 2 saturated heterocycles. The Kier molecular flexibility index (Phi) is 8.72. The van der Waals surface area contributed by atoms with E-state index in [2.05, 4.69) is 5.32 Å². The number of piperazine rings is 1. The lowest BCUT2D eigenvalue weighted by molar-refractivity contribution is -0.172. The Balaban J connectivity index is 1.48. The van der Waals surface area contributed by atoms with Crippen LogP contribution in [0.3, 0.4) is 0 Å². The second-order valence-corrected chi connectivity index (χ2v) is 12.3. The largest absolute Gasteiger partial charge is 0.389 e. The Bertz CT molecular complexity index is 1420. The van der Waals surface area contributed by atoms with Gasteiger partial charge in [-0.25, -0.2) is 4.39 Å². The fourth-order valence-electron chi connectivity index (χ4n) is 7.12. The number of carbonyl (C=O) groups excluding carboxylic acids is 2. The molecular formula is C31H38F4N4O4. The van der Waals surface area contributed by atoms with Crippen LogP contribution in [0.25, 0.3) is 11.1 Å². The van der Waals surface area contributed by atoms with Gasteiger partial charge in [0.15, 0.2) is 0 Å².